The van der Waals surface area contributed by atoms with E-state index >= 15 is 0 Å². The molecule has 0 bridgehead atoms. The molecule has 0 aliphatic rings. The van der Waals surface area contributed by atoms with Crippen molar-refractivity contribution in [1.29, 1.82) is 0 Å². The maximum absolute atomic E-state index is 12.9. The van der Waals surface area contributed by atoms with Crippen molar-refractivity contribution in [3.8, 4) is 0 Å². The predicted molar refractivity (Wildman–Crippen MR) is 87.8 cm³/mol. The van der Waals surface area contributed by atoms with Crippen LogP contribution in [0.1, 0.15) is 23.1 Å². The van der Waals surface area contributed by atoms with Gasteiger partial charge in [-0.2, -0.15) is 0 Å². The van der Waals surface area contributed by atoms with Gasteiger partial charge >= 0.3 is 0 Å². The van der Waals surface area contributed by atoms with E-state index in [1.807, 2.05) is 32.0 Å². The summed E-state index contributed by atoms with van der Waals surface area (Å²) < 4.78 is 12.9. The first kappa shape index (κ1) is 17.7. The van der Waals surface area contributed by atoms with Crippen molar-refractivity contribution in [3.05, 3.63) is 65.0 Å². The maximum atomic E-state index is 12.9. The Morgan fingerprint density at radius 3 is 2.21 bits per heavy atom. The summed E-state index contributed by atoms with van der Waals surface area (Å²) in [6.45, 7) is 3.89. The summed E-state index contributed by atoms with van der Waals surface area (Å²) in [6.07, 6.45) is -0.0798. The molecule has 0 unspecified atom stereocenters. The Balaban J connectivity index is 2.15. The second-order valence-electron chi connectivity index (χ2n) is 5.97. The Kier molecular flexibility index (Phi) is 5.68. The van der Waals surface area contributed by atoms with Crippen LogP contribution in [-0.2, 0) is 16.0 Å². The summed E-state index contributed by atoms with van der Waals surface area (Å²) in [7, 11) is 0. The molecule has 1 atom stereocenters. The van der Waals surface area contributed by atoms with Crippen LogP contribution in [0.5, 0.6) is 0 Å². The Hall–Kier alpha value is -2.69. The third kappa shape index (κ3) is 5.19. The minimum Gasteiger partial charge on any atom is -0.550 e. The third-order valence-electron chi connectivity index (χ3n) is 3.66. The van der Waals surface area contributed by atoms with Gasteiger partial charge < -0.3 is 15.2 Å². The molecule has 0 saturated carbocycles. The van der Waals surface area contributed by atoms with Crippen LogP contribution in [0.3, 0.4) is 0 Å². The highest BCUT2D eigenvalue weighted by atomic mass is 19.1. The van der Waals surface area contributed by atoms with Gasteiger partial charge in [0.05, 0.1) is 0 Å². The van der Waals surface area contributed by atoms with E-state index < -0.39 is 23.6 Å². The molecule has 0 aliphatic heterocycles. The summed E-state index contributed by atoms with van der Waals surface area (Å²) in [6, 6.07) is 11.2. The summed E-state index contributed by atoms with van der Waals surface area (Å²) in [5, 5.41) is 13.6. The second kappa shape index (κ2) is 7.73. The number of halogens is 1. The lowest BCUT2D eigenvalue weighted by molar-refractivity contribution is -0.306. The number of hydrogen-bond donors (Lipinski definition) is 1. The van der Waals surface area contributed by atoms with Gasteiger partial charge in [0.2, 0.25) is 5.91 Å². The van der Waals surface area contributed by atoms with Crippen molar-refractivity contribution >= 4 is 17.6 Å². The number of hydrogen-bond acceptors (Lipinski definition) is 3. The summed E-state index contributed by atoms with van der Waals surface area (Å²) in [4.78, 5) is 23.4. The zero-order valence-electron chi connectivity index (χ0n) is 13.6. The van der Waals surface area contributed by atoms with Crippen LogP contribution >= 0.6 is 0 Å². The van der Waals surface area contributed by atoms with Gasteiger partial charge in [0.15, 0.2) is 0 Å². The molecule has 0 aliphatic carbocycles. The molecule has 2 aromatic rings. The Morgan fingerprint density at radius 1 is 1.08 bits per heavy atom. The molecule has 0 aromatic heterocycles. The van der Waals surface area contributed by atoms with E-state index in [1.165, 1.54) is 24.3 Å². The fourth-order valence-electron chi connectivity index (χ4n) is 2.71. The number of carbonyl (C=O) groups is 2. The lowest BCUT2D eigenvalue weighted by Crippen LogP contribution is -2.32. The zero-order valence-corrected chi connectivity index (χ0v) is 13.6. The van der Waals surface area contributed by atoms with Gasteiger partial charge in [-0.15, -0.1) is 0 Å². The topological polar surface area (TPSA) is 69.2 Å². The minimum atomic E-state index is -1.28. The molecular formula is C19H19FNO3-. The molecule has 24 heavy (non-hydrogen) atoms. The first-order valence-corrected chi connectivity index (χ1v) is 7.67. The first-order valence-electron chi connectivity index (χ1n) is 7.67. The third-order valence-corrected chi connectivity index (χ3v) is 3.66. The van der Waals surface area contributed by atoms with Gasteiger partial charge in [0.1, 0.15) is 5.82 Å². The molecule has 4 nitrogen and oxygen atoms in total. The molecule has 5 heteroatoms. The monoisotopic (exact) mass is 328 g/mol. The first-order chi connectivity index (χ1) is 11.3. The minimum absolute atomic E-state index is 0.295. The molecule has 0 spiro atoms. The molecule has 0 fully saturated rings. The van der Waals surface area contributed by atoms with Crippen LogP contribution < -0.4 is 10.4 Å². The van der Waals surface area contributed by atoms with Gasteiger partial charge in [0, 0.05) is 17.6 Å². The number of carbonyl (C=O) groups excluding carboxylic acids is 2. The molecule has 0 saturated heterocycles. The predicted octanol–water partition coefficient (Wildman–Crippen LogP) is 2.38. The van der Waals surface area contributed by atoms with Crippen LogP contribution in [-0.4, -0.2) is 11.9 Å². The lowest BCUT2D eigenvalue weighted by Gasteiger charge is -2.18. The van der Waals surface area contributed by atoms with E-state index in [9.17, 15) is 19.1 Å². The van der Waals surface area contributed by atoms with E-state index in [2.05, 4.69) is 5.32 Å². The van der Waals surface area contributed by atoms with E-state index in [0.29, 0.717) is 12.1 Å². The van der Waals surface area contributed by atoms with E-state index in [0.717, 1.165) is 16.7 Å². The van der Waals surface area contributed by atoms with Crippen LogP contribution in [0.25, 0.3) is 0 Å². The quantitative estimate of drug-likeness (QED) is 0.885. The average Bonchev–Trinajstić information content (AvgIpc) is 2.47. The highest BCUT2D eigenvalue weighted by molar-refractivity contribution is 5.94. The molecular weight excluding hydrogens is 309 g/mol. The molecule has 1 N–H and O–H groups in total. The largest absolute Gasteiger partial charge is 0.550 e. The highest BCUT2D eigenvalue weighted by Gasteiger charge is 2.20. The fourth-order valence-corrected chi connectivity index (χ4v) is 2.71. The average molecular weight is 328 g/mol. The second-order valence-corrected chi connectivity index (χ2v) is 5.97. The number of aliphatic carboxylic acids is 1. The summed E-state index contributed by atoms with van der Waals surface area (Å²) >= 11 is 0. The van der Waals surface area contributed by atoms with Crippen LogP contribution in [0, 0.1) is 25.6 Å². The van der Waals surface area contributed by atoms with Gasteiger partial charge in [-0.1, -0.05) is 29.3 Å². The van der Waals surface area contributed by atoms with Gasteiger partial charge in [-0.25, -0.2) is 4.39 Å². The van der Waals surface area contributed by atoms with Crippen molar-refractivity contribution in [2.75, 3.05) is 5.32 Å². The Bertz CT molecular complexity index is 721. The van der Waals surface area contributed by atoms with Crippen LogP contribution in [0.15, 0.2) is 42.5 Å². The zero-order chi connectivity index (χ0) is 17.7. The van der Waals surface area contributed by atoms with Crippen molar-refractivity contribution in [1.82, 2.24) is 0 Å². The van der Waals surface area contributed by atoms with E-state index in [1.54, 1.807) is 0 Å². The SMILES string of the molecule is Cc1cc(C)cc(C[C@H](CC(=O)[O-])C(=O)Nc2ccc(F)cc2)c1. The number of amides is 1. The van der Waals surface area contributed by atoms with E-state index in [-0.39, 0.29) is 6.42 Å². The van der Waals surface area contributed by atoms with Crippen molar-refractivity contribution in [3.63, 3.8) is 0 Å². The summed E-state index contributed by atoms with van der Waals surface area (Å²) in [5.74, 6) is -2.88. The summed E-state index contributed by atoms with van der Waals surface area (Å²) in [5.41, 5.74) is 3.42. The number of rotatable bonds is 6. The van der Waals surface area contributed by atoms with Crippen molar-refractivity contribution < 1.29 is 19.1 Å². The molecule has 0 heterocycles. The van der Waals surface area contributed by atoms with Crippen LogP contribution in [0.4, 0.5) is 10.1 Å². The normalized spacial score (nSPS) is 11.8. The number of nitrogens with one attached hydrogen (secondary N) is 1. The smallest absolute Gasteiger partial charge is 0.228 e. The molecule has 2 aromatic carbocycles. The van der Waals surface area contributed by atoms with Gasteiger partial charge in [-0.3, -0.25) is 4.79 Å². The van der Waals surface area contributed by atoms with Crippen molar-refractivity contribution in [2.45, 2.75) is 26.7 Å². The van der Waals surface area contributed by atoms with E-state index in [4.69, 9.17) is 0 Å². The lowest BCUT2D eigenvalue weighted by atomic mass is 9.93. The molecule has 2 rings (SSSR count). The van der Waals surface area contributed by atoms with Gasteiger partial charge in [0.25, 0.3) is 0 Å². The van der Waals surface area contributed by atoms with Gasteiger partial charge in [-0.05, 0) is 56.5 Å². The molecule has 0 radical (unpaired) electrons. The Labute approximate surface area is 140 Å². The standard InChI is InChI=1S/C19H20FNO3/c1-12-7-13(2)9-14(8-12)10-15(11-18(22)23)19(24)21-17-5-3-16(20)4-6-17/h3-9,15H,10-11H2,1-2H3,(H,21,24)(H,22,23)/p-1/t15-/m1/s1. The molecule has 1 amide bonds. The van der Waals surface area contributed by atoms with Crippen molar-refractivity contribution in [2.24, 2.45) is 5.92 Å². The number of carboxylic acid groups (broad SMARTS) is 1. The Morgan fingerprint density at radius 2 is 1.67 bits per heavy atom. The molecule has 126 valence electrons. The highest BCUT2D eigenvalue weighted by Crippen LogP contribution is 2.18. The number of benzene rings is 2. The van der Waals surface area contributed by atoms with Crippen LogP contribution in [0.2, 0.25) is 0 Å². The number of carboxylic acids is 1. The number of anilines is 1. The maximum Gasteiger partial charge on any atom is 0.228 e. The fraction of sp³-hybridized carbons (Fsp3) is 0.263. The number of aryl methyl sites for hydroxylation is 2.